The van der Waals surface area contributed by atoms with Crippen molar-refractivity contribution >= 4 is 0 Å². The molecule has 0 aromatic rings. The highest BCUT2D eigenvalue weighted by Crippen LogP contribution is 2.56. The summed E-state index contributed by atoms with van der Waals surface area (Å²) in [6.45, 7) is 1.83. The molecule has 1 N–H and O–H groups in total. The van der Waals surface area contributed by atoms with Crippen LogP contribution in [0.5, 0.6) is 0 Å². The van der Waals surface area contributed by atoms with E-state index < -0.39 is 0 Å². The van der Waals surface area contributed by atoms with Gasteiger partial charge in [-0.1, -0.05) is 0 Å². The minimum absolute atomic E-state index is 0.0221. The largest absolute Gasteiger partial charge is 0.393 e. The molecule has 1 heterocycles. The smallest absolute Gasteiger partial charge is 0.0603 e. The molecule has 11 heavy (non-hydrogen) atoms. The van der Waals surface area contributed by atoms with Gasteiger partial charge in [0.2, 0.25) is 0 Å². The molecule has 0 spiro atoms. The Morgan fingerprint density at radius 1 is 1.18 bits per heavy atom. The number of hydrogen-bond acceptors (Lipinski definition) is 2. The Morgan fingerprint density at radius 3 is 2.36 bits per heavy atom. The average molecular weight is 154 g/mol. The Balaban J connectivity index is 1.64. The van der Waals surface area contributed by atoms with Crippen LogP contribution < -0.4 is 0 Å². The molecule has 0 amide bonds. The zero-order valence-electron chi connectivity index (χ0n) is 6.57. The summed E-state index contributed by atoms with van der Waals surface area (Å²) in [7, 11) is 0. The van der Waals surface area contributed by atoms with Crippen molar-refractivity contribution in [2.75, 3.05) is 13.2 Å². The van der Waals surface area contributed by atoms with Crippen LogP contribution in [0, 0.1) is 23.7 Å². The van der Waals surface area contributed by atoms with Gasteiger partial charge in [-0.2, -0.15) is 0 Å². The summed E-state index contributed by atoms with van der Waals surface area (Å²) in [6.07, 6.45) is 2.55. The first kappa shape index (κ1) is 6.44. The second-order valence-electron chi connectivity index (χ2n) is 4.27. The van der Waals surface area contributed by atoms with Crippen LogP contribution in [0.2, 0.25) is 0 Å². The third kappa shape index (κ3) is 0.859. The van der Waals surface area contributed by atoms with Crippen molar-refractivity contribution in [1.29, 1.82) is 0 Å². The van der Waals surface area contributed by atoms with Crippen LogP contribution in [-0.4, -0.2) is 24.4 Å². The molecule has 62 valence electrons. The fourth-order valence-corrected chi connectivity index (χ4v) is 2.54. The first-order chi connectivity index (χ1) is 5.38. The van der Waals surface area contributed by atoms with E-state index in [9.17, 15) is 5.11 Å². The van der Waals surface area contributed by atoms with Crippen molar-refractivity contribution in [1.82, 2.24) is 0 Å². The minimum atomic E-state index is 0.0221. The third-order valence-corrected chi connectivity index (χ3v) is 3.52. The number of aliphatic hydroxyl groups excluding tert-OH is 1. The Hall–Kier alpha value is -0.0800. The van der Waals surface area contributed by atoms with Crippen LogP contribution in [-0.2, 0) is 4.74 Å². The third-order valence-electron chi connectivity index (χ3n) is 3.52. The fraction of sp³-hybridized carbons (Fsp3) is 1.00. The highest BCUT2D eigenvalue weighted by molar-refractivity contribution is 5.06. The lowest BCUT2D eigenvalue weighted by Crippen LogP contribution is -2.17. The molecule has 3 atom stereocenters. The van der Waals surface area contributed by atoms with Crippen LogP contribution in [0.3, 0.4) is 0 Å². The second kappa shape index (κ2) is 1.99. The monoisotopic (exact) mass is 154 g/mol. The number of rotatable bonds is 2. The van der Waals surface area contributed by atoms with Gasteiger partial charge in [-0.05, 0) is 36.5 Å². The van der Waals surface area contributed by atoms with E-state index in [0.29, 0.717) is 11.8 Å². The molecule has 2 saturated carbocycles. The lowest BCUT2D eigenvalue weighted by Gasteiger charge is -2.10. The molecule has 0 bridgehead atoms. The van der Waals surface area contributed by atoms with Gasteiger partial charge in [0.1, 0.15) is 0 Å². The second-order valence-corrected chi connectivity index (χ2v) is 4.27. The van der Waals surface area contributed by atoms with Gasteiger partial charge in [0.25, 0.3) is 0 Å². The van der Waals surface area contributed by atoms with Crippen molar-refractivity contribution in [3.8, 4) is 0 Å². The average Bonchev–Trinajstić information content (AvgIpc) is 2.91. The van der Waals surface area contributed by atoms with Gasteiger partial charge in [-0.25, -0.2) is 0 Å². The van der Waals surface area contributed by atoms with Crippen molar-refractivity contribution < 1.29 is 9.84 Å². The van der Waals surface area contributed by atoms with Crippen molar-refractivity contribution in [2.45, 2.75) is 18.9 Å². The Morgan fingerprint density at radius 2 is 1.82 bits per heavy atom. The molecule has 0 aromatic heterocycles. The highest BCUT2D eigenvalue weighted by atomic mass is 16.5. The summed E-state index contributed by atoms with van der Waals surface area (Å²) in [4.78, 5) is 0. The molecule has 3 aliphatic rings. The summed E-state index contributed by atoms with van der Waals surface area (Å²) in [5.41, 5.74) is 0. The molecule has 0 aromatic carbocycles. The van der Waals surface area contributed by atoms with Gasteiger partial charge in [-0.15, -0.1) is 0 Å². The van der Waals surface area contributed by atoms with E-state index >= 15 is 0 Å². The lowest BCUT2D eigenvalue weighted by molar-refractivity contribution is 0.0755. The standard InChI is InChI=1S/C9H14O2/c10-9(5-1-2-5)8-6-3-11-4-7(6)8/h5-10H,1-4H2. The number of aliphatic hydroxyl groups is 1. The van der Waals surface area contributed by atoms with E-state index in [0.717, 1.165) is 25.0 Å². The molecule has 1 aliphatic heterocycles. The summed E-state index contributed by atoms with van der Waals surface area (Å²) in [6, 6.07) is 0. The van der Waals surface area contributed by atoms with Crippen LogP contribution in [0.1, 0.15) is 12.8 Å². The zero-order chi connectivity index (χ0) is 7.42. The maximum absolute atomic E-state index is 9.78. The quantitative estimate of drug-likeness (QED) is 0.632. The Labute approximate surface area is 66.5 Å². The molecular formula is C9H14O2. The summed E-state index contributed by atoms with van der Waals surface area (Å²) < 4.78 is 5.28. The Kier molecular flexibility index (Phi) is 1.16. The number of fused-ring (bicyclic) bond motifs is 1. The molecule has 1 saturated heterocycles. The fourth-order valence-electron chi connectivity index (χ4n) is 2.54. The molecule has 3 rings (SSSR count). The van der Waals surface area contributed by atoms with E-state index in [1.807, 2.05) is 0 Å². The van der Waals surface area contributed by atoms with Gasteiger partial charge in [0, 0.05) is 0 Å². The van der Waals surface area contributed by atoms with Crippen molar-refractivity contribution in [2.24, 2.45) is 23.7 Å². The first-order valence-electron chi connectivity index (χ1n) is 4.64. The summed E-state index contributed by atoms with van der Waals surface area (Å²) in [5, 5.41) is 9.78. The molecule has 3 unspecified atom stereocenters. The van der Waals surface area contributed by atoms with E-state index in [4.69, 9.17) is 4.74 Å². The molecular weight excluding hydrogens is 140 g/mol. The zero-order valence-corrected chi connectivity index (χ0v) is 6.57. The van der Waals surface area contributed by atoms with Crippen LogP contribution in [0.25, 0.3) is 0 Å². The van der Waals surface area contributed by atoms with E-state index in [1.165, 1.54) is 12.8 Å². The topological polar surface area (TPSA) is 29.5 Å². The van der Waals surface area contributed by atoms with E-state index in [1.54, 1.807) is 0 Å². The molecule has 2 aliphatic carbocycles. The Bertz CT molecular complexity index is 166. The predicted molar refractivity (Wildman–Crippen MR) is 40.0 cm³/mol. The number of ether oxygens (including phenoxy) is 1. The van der Waals surface area contributed by atoms with Crippen molar-refractivity contribution in [3.05, 3.63) is 0 Å². The SMILES string of the molecule is OC(C1CC1)C1C2COCC21. The van der Waals surface area contributed by atoms with Gasteiger partial charge < -0.3 is 9.84 Å². The minimum Gasteiger partial charge on any atom is -0.393 e. The number of hydrogen-bond donors (Lipinski definition) is 1. The van der Waals surface area contributed by atoms with Gasteiger partial charge in [0.05, 0.1) is 19.3 Å². The van der Waals surface area contributed by atoms with Crippen LogP contribution in [0.4, 0.5) is 0 Å². The van der Waals surface area contributed by atoms with Crippen LogP contribution in [0.15, 0.2) is 0 Å². The highest BCUT2D eigenvalue weighted by Gasteiger charge is 2.59. The lowest BCUT2D eigenvalue weighted by atomic mass is 10.1. The molecule has 2 heteroatoms. The summed E-state index contributed by atoms with van der Waals surface area (Å²) >= 11 is 0. The van der Waals surface area contributed by atoms with Crippen molar-refractivity contribution in [3.63, 3.8) is 0 Å². The van der Waals surface area contributed by atoms with E-state index in [2.05, 4.69) is 0 Å². The molecule has 3 fully saturated rings. The predicted octanol–water partition coefficient (Wildman–Crippen LogP) is 0.650. The maximum atomic E-state index is 9.78. The van der Waals surface area contributed by atoms with Gasteiger partial charge in [0.15, 0.2) is 0 Å². The first-order valence-corrected chi connectivity index (χ1v) is 4.64. The van der Waals surface area contributed by atoms with E-state index in [-0.39, 0.29) is 6.10 Å². The van der Waals surface area contributed by atoms with Gasteiger partial charge in [-0.3, -0.25) is 0 Å². The molecule has 2 nitrogen and oxygen atoms in total. The molecule has 0 radical (unpaired) electrons. The van der Waals surface area contributed by atoms with Crippen LogP contribution >= 0.6 is 0 Å². The maximum Gasteiger partial charge on any atom is 0.0603 e. The summed E-state index contributed by atoms with van der Waals surface area (Å²) in [5.74, 6) is 2.73. The van der Waals surface area contributed by atoms with Gasteiger partial charge >= 0.3 is 0 Å². The normalized spacial score (nSPS) is 50.5.